The van der Waals surface area contributed by atoms with Gasteiger partial charge in [-0.25, -0.2) is 0 Å². The molecular formula is C29H47NO2. The predicted octanol–water partition coefficient (Wildman–Crippen LogP) is 6.21. The maximum Gasteiger partial charge on any atom is 0.138 e. The van der Waals surface area contributed by atoms with E-state index < -0.39 is 0 Å². The maximum absolute atomic E-state index is 12.8. The number of nitrogens with two attached hydrogens (primary N) is 1. The second-order valence-electron chi connectivity index (χ2n) is 13.0. The summed E-state index contributed by atoms with van der Waals surface area (Å²) in [6, 6.07) is 0. The van der Waals surface area contributed by atoms with Crippen molar-refractivity contribution < 1.29 is 9.90 Å². The number of aliphatic hydroxyl groups is 1. The number of allylic oxidation sites excluding steroid dienone is 2. The van der Waals surface area contributed by atoms with Crippen molar-refractivity contribution in [3.05, 3.63) is 23.3 Å². The number of aliphatic hydroxyl groups excluding tert-OH is 1. The summed E-state index contributed by atoms with van der Waals surface area (Å²) in [5.41, 5.74) is 10.2. The minimum absolute atomic E-state index is 0.0886. The molecule has 3 saturated carbocycles. The molecule has 3 unspecified atom stereocenters. The van der Waals surface area contributed by atoms with E-state index in [9.17, 15) is 9.90 Å². The maximum atomic E-state index is 12.8. The monoisotopic (exact) mass is 441 g/mol. The number of rotatable bonds is 5. The normalized spacial score (nSPS) is 44.4. The lowest BCUT2D eigenvalue weighted by Gasteiger charge is -2.63. The van der Waals surface area contributed by atoms with Crippen LogP contribution in [0.1, 0.15) is 99.3 Å². The molecule has 3 heteroatoms. The van der Waals surface area contributed by atoms with Crippen LogP contribution in [0.2, 0.25) is 0 Å². The Morgan fingerprint density at radius 1 is 1.22 bits per heavy atom. The van der Waals surface area contributed by atoms with Crippen LogP contribution in [0.4, 0.5) is 0 Å². The number of hydrogen-bond donors (Lipinski definition) is 2. The summed E-state index contributed by atoms with van der Waals surface area (Å²) in [7, 11) is 0. The minimum atomic E-state index is -0.208. The van der Waals surface area contributed by atoms with Gasteiger partial charge in [0.05, 0.1) is 6.61 Å². The van der Waals surface area contributed by atoms with E-state index in [4.69, 9.17) is 5.73 Å². The third-order valence-corrected chi connectivity index (χ3v) is 11.2. The SMILES string of the molecule is C/C(=C/CCC(C)[C@@H]1CC[C@]2(C)C3=CCC4C(C)(C)C(=O)CC[C@]4(C)C3CC[C@@]12N)CO. The molecule has 4 rings (SSSR count). The number of fused-ring (bicyclic) bond motifs is 5. The van der Waals surface area contributed by atoms with Crippen LogP contribution in [0, 0.1) is 39.9 Å². The molecule has 3 nitrogen and oxygen atoms in total. The Morgan fingerprint density at radius 2 is 1.94 bits per heavy atom. The van der Waals surface area contributed by atoms with E-state index in [0.717, 1.165) is 44.1 Å². The first-order chi connectivity index (χ1) is 14.9. The standard InChI is InChI=1S/C29H47NO2/c1-19(18-31)8-7-9-20(2)21-12-16-28(6)23-10-11-24-26(3,4)25(32)14-15-27(24,5)22(23)13-17-29(21,28)30/h8,10,20-22,24,31H,7,9,11-18,30H2,1-6H3/b19-8-/t20?,21-,22?,24?,27+,28+,29+/m0/s1. The Kier molecular flexibility index (Phi) is 6.11. The summed E-state index contributed by atoms with van der Waals surface area (Å²) < 4.78 is 0. The quantitative estimate of drug-likeness (QED) is 0.499. The van der Waals surface area contributed by atoms with Crippen LogP contribution >= 0.6 is 0 Å². The first-order valence-corrected chi connectivity index (χ1v) is 13.2. The highest BCUT2D eigenvalue weighted by molar-refractivity contribution is 5.85. The van der Waals surface area contributed by atoms with Gasteiger partial charge in [-0.05, 0) is 87.4 Å². The first kappa shape index (κ1) is 24.2. The molecule has 0 bridgehead atoms. The molecule has 0 spiro atoms. The smallest absolute Gasteiger partial charge is 0.138 e. The van der Waals surface area contributed by atoms with Crippen molar-refractivity contribution in [1.82, 2.24) is 0 Å². The van der Waals surface area contributed by atoms with Gasteiger partial charge in [-0.15, -0.1) is 0 Å². The zero-order chi connectivity index (χ0) is 23.5. The molecule has 0 aromatic rings. The van der Waals surface area contributed by atoms with E-state index >= 15 is 0 Å². The zero-order valence-corrected chi connectivity index (χ0v) is 21.5. The highest BCUT2D eigenvalue weighted by Crippen LogP contribution is 2.69. The van der Waals surface area contributed by atoms with Gasteiger partial charge in [0, 0.05) is 22.8 Å². The fraction of sp³-hybridized carbons (Fsp3) is 0.828. The van der Waals surface area contributed by atoms with Gasteiger partial charge < -0.3 is 10.8 Å². The fourth-order valence-electron chi connectivity index (χ4n) is 8.97. The zero-order valence-electron chi connectivity index (χ0n) is 21.5. The van der Waals surface area contributed by atoms with Crippen molar-refractivity contribution in [2.75, 3.05) is 6.61 Å². The third-order valence-electron chi connectivity index (χ3n) is 11.2. The van der Waals surface area contributed by atoms with Crippen LogP contribution in [0.25, 0.3) is 0 Å². The fourth-order valence-corrected chi connectivity index (χ4v) is 8.97. The number of ketones is 1. The Balaban J connectivity index is 1.60. The highest BCUT2D eigenvalue weighted by Gasteiger charge is 2.65. The predicted molar refractivity (Wildman–Crippen MR) is 132 cm³/mol. The molecule has 0 amide bonds. The van der Waals surface area contributed by atoms with Crippen molar-refractivity contribution in [1.29, 1.82) is 0 Å². The van der Waals surface area contributed by atoms with Gasteiger partial charge in [-0.3, -0.25) is 4.79 Å². The van der Waals surface area contributed by atoms with Gasteiger partial charge in [0.15, 0.2) is 0 Å². The van der Waals surface area contributed by atoms with Gasteiger partial charge >= 0.3 is 0 Å². The van der Waals surface area contributed by atoms with E-state index in [-0.39, 0.29) is 28.4 Å². The topological polar surface area (TPSA) is 63.3 Å². The van der Waals surface area contributed by atoms with Gasteiger partial charge in [0.1, 0.15) is 5.78 Å². The van der Waals surface area contributed by atoms with Crippen LogP contribution in [0.5, 0.6) is 0 Å². The lowest BCUT2D eigenvalue weighted by molar-refractivity contribution is -0.145. The average molecular weight is 442 g/mol. The summed E-state index contributed by atoms with van der Waals surface area (Å²) in [6.45, 7) is 14.0. The molecule has 4 aliphatic rings. The van der Waals surface area contributed by atoms with Crippen molar-refractivity contribution in [2.45, 2.75) is 105 Å². The lowest BCUT2D eigenvalue weighted by Crippen LogP contribution is -2.63. The number of hydrogen-bond acceptors (Lipinski definition) is 3. The largest absolute Gasteiger partial charge is 0.392 e. The second kappa shape index (κ2) is 8.08. The summed E-state index contributed by atoms with van der Waals surface area (Å²) in [6.07, 6.45) is 14.5. The molecule has 0 saturated heterocycles. The van der Waals surface area contributed by atoms with Crippen LogP contribution in [0.3, 0.4) is 0 Å². The molecule has 7 atom stereocenters. The van der Waals surface area contributed by atoms with Crippen LogP contribution in [0.15, 0.2) is 23.3 Å². The highest BCUT2D eigenvalue weighted by atomic mass is 16.3. The van der Waals surface area contributed by atoms with Crippen LogP contribution in [-0.4, -0.2) is 23.0 Å². The van der Waals surface area contributed by atoms with Crippen molar-refractivity contribution in [2.24, 2.45) is 45.7 Å². The molecule has 180 valence electrons. The van der Waals surface area contributed by atoms with Crippen molar-refractivity contribution >= 4 is 5.78 Å². The summed E-state index contributed by atoms with van der Waals surface area (Å²) in [5.74, 6) is 2.66. The molecule has 4 aliphatic carbocycles. The second-order valence-corrected chi connectivity index (χ2v) is 13.0. The van der Waals surface area contributed by atoms with Gasteiger partial charge in [0.25, 0.3) is 0 Å². The molecule has 0 radical (unpaired) electrons. The van der Waals surface area contributed by atoms with E-state index in [1.165, 1.54) is 19.3 Å². The van der Waals surface area contributed by atoms with E-state index in [0.29, 0.717) is 29.5 Å². The number of carbonyl (C=O) groups is 1. The van der Waals surface area contributed by atoms with E-state index in [1.54, 1.807) is 5.57 Å². The third kappa shape index (κ3) is 3.32. The summed E-state index contributed by atoms with van der Waals surface area (Å²) in [4.78, 5) is 12.8. The van der Waals surface area contributed by atoms with Crippen LogP contribution in [-0.2, 0) is 4.79 Å². The van der Waals surface area contributed by atoms with Crippen molar-refractivity contribution in [3.63, 3.8) is 0 Å². The average Bonchev–Trinajstić information content (AvgIpc) is 3.02. The molecule has 0 aromatic heterocycles. The Morgan fingerprint density at radius 3 is 2.62 bits per heavy atom. The Hall–Kier alpha value is -0.930. The van der Waals surface area contributed by atoms with Crippen LogP contribution < -0.4 is 5.73 Å². The molecule has 32 heavy (non-hydrogen) atoms. The molecule has 3 N–H and O–H groups in total. The van der Waals surface area contributed by atoms with Gasteiger partial charge in [-0.2, -0.15) is 0 Å². The molecule has 0 heterocycles. The number of Topliss-reactive ketones (excluding diaryl/α,β-unsaturated/α-hetero) is 1. The lowest BCUT2D eigenvalue weighted by atomic mass is 9.42. The van der Waals surface area contributed by atoms with E-state index in [1.807, 2.05) is 6.92 Å². The summed E-state index contributed by atoms with van der Waals surface area (Å²) >= 11 is 0. The van der Waals surface area contributed by atoms with E-state index in [2.05, 4.69) is 46.8 Å². The summed E-state index contributed by atoms with van der Waals surface area (Å²) in [5, 5.41) is 9.29. The van der Waals surface area contributed by atoms with Crippen molar-refractivity contribution in [3.8, 4) is 0 Å². The molecule has 0 aromatic carbocycles. The molecule has 0 aliphatic heterocycles. The number of carbonyl (C=O) groups excluding carboxylic acids is 1. The Labute approximate surface area is 196 Å². The van der Waals surface area contributed by atoms with Gasteiger partial charge in [0.2, 0.25) is 0 Å². The molecule has 3 fully saturated rings. The molecular weight excluding hydrogens is 394 g/mol. The Bertz CT molecular complexity index is 825. The first-order valence-electron chi connectivity index (χ1n) is 13.2. The van der Waals surface area contributed by atoms with Gasteiger partial charge in [-0.1, -0.05) is 57.9 Å². The minimum Gasteiger partial charge on any atom is -0.392 e.